The Morgan fingerprint density at radius 2 is 1.87 bits per heavy atom. The molecular weight excluding hydrogens is 398 g/mol. The predicted octanol–water partition coefficient (Wildman–Crippen LogP) is 2.85. The van der Waals surface area contributed by atoms with E-state index >= 15 is 0 Å². The van der Waals surface area contributed by atoms with Crippen LogP contribution >= 0.6 is 0 Å². The number of benzene rings is 1. The molecule has 1 aromatic rings. The number of para-hydroxylation sites is 1. The van der Waals surface area contributed by atoms with Gasteiger partial charge in [-0.1, -0.05) is 26.0 Å². The van der Waals surface area contributed by atoms with Gasteiger partial charge in [0, 0.05) is 30.9 Å². The van der Waals surface area contributed by atoms with Crippen molar-refractivity contribution >= 4 is 12.0 Å². The molecule has 3 atom stereocenters. The number of hydrogen-bond donors (Lipinski definition) is 2. The van der Waals surface area contributed by atoms with Gasteiger partial charge in [-0.25, -0.2) is 9.59 Å². The second kappa shape index (κ2) is 10.0. The molecule has 0 aliphatic carbocycles. The second-order valence-corrected chi connectivity index (χ2v) is 8.37. The van der Waals surface area contributed by atoms with E-state index in [-0.39, 0.29) is 12.6 Å². The van der Waals surface area contributed by atoms with Gasteiger partial charge in [-0.2, -0.15) is 0 Å². The zero-order valence-electron chi connectivity index (χ0n) is 19.0. The lowest BCUT2D eigenvalue weighted by Crippen LogP contribution is -2.50. The van der Waals surface area contributed by atoms with Crippen molar-refractivity contribution < 1.29 is 23.8 Å². The van der Waals surface area contributed by atoms with Crippen molar-refractivity contribution in [1.82, 2.24) is 15.5 Å². The number of hydrogen-bond acceptors (Lipinski definition) is 6. The lowest BCUT2D eigenvalue weighted by Gasteiger charge is -2.37. The van der Waals surface area contributed by atoms with Crippen LogP contribution in [0.5, 0.6) is 11.5 Å². The van der Waals surface area contributed by atoms with Crippen LogP contribution in [0.4, 0.5) is 4.79 Å². The maximum Gasteiger partial charge on any atom is 0.338 e. The molecular formula is C23H33N3O5. The maximum atomic E-state index is 13.1. The van der Waals surface area contributed by atoms with E-state index in [1.54, 1.807) is 26.2 Å². The van der Waals surface area contributed by atoms with Gasteiger partial charge in [0.25, 0.3) is 0 Å². The van der Waals surface area contributed by atoms with Gasteiger partial charge < -0.3 is 24.8 Å². The standard InChI is InChI=1S/C23H33N3O5/c1-6-31-22(27)19-17(13-26-11-14(2)10-15(3)12-26)24-23(28)25-20(19)16-8-7-9-18(29-4)21(16)30-5/h7-9,14-15,20H,6,10-13H2,1-5H3,(H2,24,25,28). The number of likely N-dealkylation sites (tertiary alicyclic amines) is 1. The lowest BCUT2D eigenvalue weighted by molar-refractivity contribution is -0.139. The Morgan fingerprint density at radius 1 is 1.16 bits per heavy atom. The van der Waals surface area contributed by atoms with Crippen molar-refractivity contribution in [3.05, 3.63) is 35.0 Å². The summed E-state index contributed by atoms with van der Waals surface area (Å²) in [5, 5.41) is 5.73. The highest BCUT2D eigenvalue weighted by Gasteiger charge is 2.37. The number of nitrogens with one attached hydrogen (secondary N) is 2. The minimum absolute atomic E-state index is 0.239. The smallest absolute Gasteiger partial charge is 0.338 e. The molecule has 3 unspecified atom stereocenters. The number of rotatable bonds is 7. The molecule has 1 aromatic carbocycles. The Hall–Kier alpha value is -2.74. The molecule has 1 saturated heterocycles. The van der Waals surface area contributed by atoms with Crippen LogP contribution < -0.4 is 20.1 Å². The summed E-state index contributed by atoms with van der Waals surface area (Å²) in [7, 11) is 3.09. The van der Waals surface area contributed by atoms with Gasteiger partial charge in [-0.05, 0) is 31.2 Å². The molecule has 0 bridgehead atoms. The highest BCUT2D eigenvalue weighted by molar-refractivity contribution is 5.95. The fourth-order valence-electron chi connectivity index (χ4n) is 4.71. The Labute approximate surface area is 183 Å². The van der Waals surface area contributed by atoms with E-state index in [0.29, 0.717) is 46.7 Å². The maximum absolute atomic E-state index is 13.1. The summed E-state index contributed by atoms with van der Waals surface area (Å²) >= 11 is 0. The molecule has 2 aliphatic rings. The number of ether oxygens (including phenoxy) is 3. The molecule has 2 aliphatic heterocycles. The van der Waals surface area contributed by atoms with Crippen LogP contribution in [0.3, 0.4) is 0 Å². The van der Waals surface area contributed by atoms with Gasteiger partial charge in [0.05, 0.1) is 32.4 Å². The zero-order valence-corrected chi connectivity index (χ0v) is 19.0. The molecule has 8 nitrogen and oxygen atoms in total. The van der Waals surface area contributed by atoms with Crippen molar-refractivity contribution in [2.75, 3.05) is 40.5 Å². The van der Waals surface area contributed by atoms with Crippen molar-refractivity contribution in [2.24, 2.45) is 11.8 Å². The van der Waals surface area contributed by atoms with E-state index in [1.165, 1.54) is 13.5 Å². The van der Waals surface area contributed by atoms with Gasteiger partial charge in [0.15, 0.2) is 11.5 Å². The third kappa shape index (κ3) is 5.12. The molecule has 2 amide bonds. The SMILES string of the molecule is CCOC(=O)C1=C(CN2CC(C)CC(C)C2)NC(=O)NC1c1cccc(OC)c1OC. The first kappa shape index (κ1) is 22.9. The van der Waals surface area contributed by atoms with Gasteiger partial charge >= 0.3 is 12.0 Å². The summed E-state index contributed by atoms with van der Waals surface area (Å²) in [6.07, 6.45) is 1.18. The lowest BCUT2D eigenvalue weighted by atomic mass is 9.90. The highest BCUT2D eigenvalue weighted by atomic mass is 16.5. The molecule has 0 saturated carbocycles. The van der Waals surface area contributed by atoms with E-state index < -0.39 is 12.0 Å². The minimum atomic E-state index is -0.715. The van der Waals surface area contributed by atoms with Crippen LogP contribution in [0.15, 0.2) is 29.5 Å². The zero-order chi connectivity index (χ0) is 22.5. The Morgan fingerprint density at radius 3 is 2.48 bits per heavy atom. The van der Waals surface area contributed by atoms with Crippen molar-refractivity contribution in [3.8, 4) is 11.5 Å². The van der Waals surface area contributed by atoms with Gasteiger partial charge in [0.2, 0.25) is 0 Å². The number of piperidine rings is 1. The number of carbonyl (C=O) groups excluding carboxylic acids is 2. The summed E-state index contributed by atoms with van der Waals surface area (Å²) in [5.41, 5.74) is 1.59. The highest BCUT2D eigenvalue weighted by Crippen LogP contribution is 2.39. The van der Waals surface area contributed by atoms with Crippen LogP contribution in [0, 0.1) is 11.8 Å². The number of urea groups is 1. The average molecular weight is 432 g/mol. The molecule has 0 radical (unpaired) electrons. The molecule has 1 fully saturated rings. The Balaban J connectivity index is 2.06. The van der Waals surface area contributed by atoms with Crippen LogP contribution in [0.1, 0.15) is 38.8 Å². The first-order valence-corrected chi connectivity index (χ1v) is 10.8. The van der Waals surface area contributed by atoms with Crippen molar-refractivity contribution in [1.29, 1.82) is 0 Å². The Kier molecular flexibility index (Phi) is 7.43. The first-order chi connectivity index (χ1) is 14.9. The third-order valence-electron chi connectivity index (χ3n) is 5.72. The molecule has 31 heavy (non-hydrogen) atoms. The average Bonchev–Trinajstić information content (AvgIpc) is 2.71. The summed E-state index contributed by atoms with van der Waals surface area (Å²) in [6.45, 7) is 8.77. The number of carbonyl (C=O) groups is 2. The van der Waals surface area contributed by atoms with E-state index in [4.69, 9.17) is 14.2 Å². The van der Waals surface area contributed by atoms with Crippen LogP contribution in [-0.2, 0) is 9.53 Å². The largest absolute Gasteiger partial charge is 0.493 e. The minimum Gasteiger partial charge on any atom is -0.493 e. The fraction of sp³-hybridized carbons (Fsp3) is 0.565. The van der Waals surface area contributed by atoms with Crippen LogP contribution in [0.25, 0.3) is 0 Å². The van der Waals surface area contributed by atoms with Gasteiger partial charge in [0.1, 0.15) is 0 Å². The molecule has 8 heteroatoms. The second-order valence-electron chi connectivity index (χ2n) is 8.37. The van der Waals surface area contributed by atoms with Crippen molar-refractivity contribution in [2.45, 2.75) is 33.2 Å². The first-order valence-electron chi connectivity index (χ1n) is 10.8. The van der Waals surface area contributed by atoms with E-state index in [1.807, 2.05) is 6.07 Å². The topological polar surface area (TPSA) is 89.1 Å². The predicted molar refractivity (Wildman–Crippen MR) is 117 cm³/mol. The molecule has 2 heterocycles. The summed E-state index contributed by atoms with van der Waals surface area (Å²) in [6, 6.07) is 4.32. The number of nitrogens with zero attached hydrogens (tertiary/aromatic N) is 1. The summed E-state index contributed by atoms with van der Waals surface area (Å²) in [4.78, 5) is 28.0. The molecule has 0 spiro atoms. The van der Waals surface area contributed by atoms with E-state index in [9.17, 15) is 9.59 Å². The van der Waals surface area contributed by atoms with Gasteiger partial charge in [-0.15, -0.1) is 0 Å². The molecule has 2 N–H and O–H groups in total. The number of methoxy groups -OCH3 is 2. The number of amides is 2. The monoisotopic (exact) mass is 431 g/mol. The van der Waals surface area contributed by atoms with Gasteiger partial charge in [-0.3, -0.25) is 4.90 Å². The third-order valence-corrected chi connectivity index (χ3v) is 5.72. The van der Waals surface area contributed by atoms with Crippen LogP contribution in [-0.4, -0.2) is 57.4 Å². The molecule has 0 aromatic heterocycles. The normalized spacial score (nSPS) is 24.3. The summed E-state index contributed by atoms with van der Waals surface area (Å²) < 4.78 is 16.4. The quantitative estimate of drug-likeness (QED) is 0.646. The van der Waals surface area contributed by atoms with E-state index in [0.717, 1.165) is 13.1 Å². The van der Waals surface area contributed by atoms with E-state index in [2.05, 4.69) is 29.4 Å². The fourth-order valence-corrected chi connectivity index (χ4v) is 4.71. The van der Waals surface area contributed by atoms with Crippen molar-refractivity contribution in [3.63, 3.8) is 0 Å². The number of esters is 1. The molecule has 170 valence electrons. The van der Waals surface area contributed by atoms with Crippen LogP contribution in [0.2, 0.25) is 0 Å². The molecule has 3 rings (SSSR count). The summed E-state index contributed by atoms with van der Waals surface area (Å²) in [5.74, 6) is 1.65. The Bertz CT molecular complexity index is 844.